The number of hydrogen-bond donors (Lipinski definition) is 1. The minimum atomic E-state index is 0.0249. The van der Waals surface area contributed by atoms with Gasteiger partial charge in [-0.05, 0) is 44.2 Å². The zero-order chi connectivity index (χ0) is 18.0. The maximum absolute atomic E-state index is 12.5. The molecule has 0 bridgehead atoms. The zero-order valence-electron chi connectivity index (χ0n) is 15.3. The summed E-state index contributed by atoms with van der Waals surface area (Å²) in [5, 5.41) is 4.27. The Balaban J connectivity index is 1.64. The molecule has 1 aliphatic heterocycles. The third-order valence-electron chi connectivity index (χ3n) is 5.19. The number of aryl methyl sites for hydroxylation is 1. The Morgan fingerprint density at radius 2 is 1.96 bits per heavy atom. The molecule has 1 aromatic heterocycles. The van der Waals surface area contributed by atoms with Gasteiger partial charge in [-0.15, -0.1) is 0 Å². The molecule has 6 heteroatoms. The van der Waals surface area contributed by atoms with Gasteiger partial charge >= 0.3 is 0 Å². The zero-order valence-corrected chi connectivity index (χ0v) is 17.5. The molecule has 136 valence electrons. The van der Waals surface area contributed by atoms with Gasteiger partial charge in [0, 0.05) is 55.9 Å². The number of piperazine rings is 1. The molecule has 1 aliphatic rings. The molecule has 1 N–H and O–H groups in total. The van der Waals surface area contributed by atoms with Crippen LogP contribution < -0.4 is 5.32 Å². The Kier molecular flexibility index (Phi) is 6.01. The predicted molar refractivity (Wildman–Crippen MR) is 112 cm³/mol. The second-order valence-electron chi connectivity index (χ2n) is 6.83. The van der Waals surface area contributed by atoms with Crippen molar-refractivity contribution in [2.45, 2.75) is 20.3 Å². The largest absolute Gasteiger partial charge is 0.351 e. The average molecular weight is 454 g/mol. The fourth-order valence-electron chi connectivity index (χ4n) is 3.53. The number of nitrogens with zero attached hydrogens (tertiary/aromatic N) is 3. The Morgan fingerprint density at radius 3 is 2.64 bits per heavy atom. The first-order valence-corrected chi connectivity index (χ1v) is 9.97. The third kappa shape index (κ3) is 4.01. The predicted octanol–water partition coefficient (Wildman–Crippen LogP) is 2.69. The standard InChI is InChI=1S/C19H27IN4O/c1-4-16-14(2)24(20)18-6-5-15(13-17(16)18)19(25)21-7-8-23-11-9-22(3)10-12-23/h5-6,13H,4,7-12H2,1-3H3,(H,21,25). The van der Waals surface area contributed by atoms with Crippen molar-refractivity contribution in [3.63, 3.8) is 0 Å². The van der Waals surface area contributed by atoms with Crippen LogP contribution in [0.25, 0.3) is 10.9 Å². The van der Waals surface area contributed by atoms with Crippen LogP contribution in [0.4, 0.5) is 0 Å². The van der Waals surface area contributed by atoms with Crippen LogP contribution in [0, 0.1) is 6.92 Å². The maximum atomic E-state index is 12.5. The van der Waals surface area contributed by atoms with Gasteiger partial charge in [0.05, 0.1) is 28.4 Å². The molecule has 2 aromatic rings. The van der Waals surface area contributed by atoms with Crippen molar-refractivity contribution in [2.24, 2.45) is 0 Å². The number of halogens is 1. The van der Waals surface area contributed by atoms with Crippen LogP contribution in [0.3, 0.4) is 0 Å². The van der Waals surface area contributed by atoms with Gasteiger partial charge in [-0.3, -0.25) is 12.5 Å². The van der Waals surface area contributed by atoms with E-state index in [0.717, 1.165) is 44.7 Å². The number of fused-ring (bicyclic) bond motifs is 1. The van der Waals surface area contributed by atoms with Crippen molar-refractivity contribution in [3.05, 3.63) is 35.0 Å². The molecule has 0 atom stereocenters. The van der Waals surface area contributed by atoms with Crippen LogP contribution in [0.15, 0.2) is 18.2 Å². The Morgan fingerprint density at radius 1 is 1.24 bits per heavy atom. The van der Waals surface area contributed by atoms with E-state index in [-0.39, 0.29) is 5.91 Å². The summed E-state index contributed by atoms with van der Waals surface area (Å²) < 4.78 is 2.18. The number of benzene rings is 1. The molecule has 0 radical (unpaired) electrons. The van der Waals surface area contributed by atoms with Gasteiger partial charge < -0.3 is 10.2 Å². The van der Waals surface area contributed by atoms with Gasteiger partial charge in [-0.25, -0.2) is 0 Å². The van der Waals surface area contributed by atoms with E-state index in [0.29, 0.717) is 6.54 Å². The van der Waals surface area contributed by atoms with Crippen LogP contribution in [0.5, 0.6) is 0 Å². The van der Waals surface area contributed by atoms with Crippen molar-refractivity contribution in [2.75, 3.05) is 46.3 Å². The van der Waals surface area contributed by atoms with Gasteiger partial charge in [0.1, 0.15) is 0 Å². The monoisotopic (exact) mass is 454 g/mol. The summed E-state index contributed by atoms with van der Waals surface area (Å²) in [5.74, 6) is 0.0249. The SMILES string of the molecule is CCc1c(C)n(I)c2ccc(C(=O)NCCN3CCN(C)CC3)cc12. The van der Waals surface area contributed by atoms with E-state index in [9.17, 15) is 4.79 Å². The molecule has 25 heavy (non-hydrogen) atoms. The van der Waals surface area contributed by atoms with Crippen LogP contribution in [-0.4, -0.2) is 64.8 Å². The number of nitrogens with one attached hydrogen (secondary N) is 1. The Labute approximate surface area is 163 Å². The fraction of sp³-hybridized carbons (Fsp3) is 0.526. The van der Waals surface area contributed by atoms with Crippen LogP contribution in [-0.2, 0) is 6.42 Å². The topological polar surface area (TPSA) is 40.5 Å². The van der Waals surface area contributed by atoms with E-state index in [1.54, 1.807) is 0 Å². The summed E-state index contributed by atoms with van der Waals surface area (Å²) in [6, 6.07) is 6.03. The van der Waals surface area contributed by atoms with Crippen molar-refractivity contribution in [1.29, 1.82) is 0 Å². The summed E-state index contributed by atoms with van der Waals surface area (Å²) in [6.07, 6.45) is 0.979. The number of hydrogen-bond acceptors (Lipinski definition) is 3. The molecule has 1 fully saturated rings. The molecule has 2 heterocycles. The molecule has 1 amide bonds. The molecule has 0 saturated carbocycles. The maximum Gasteiger partial charge on any atom is 0.251 e. The second-order valence-corrected chi connectivity index (χ2v) is 7.80. The lowest BCUT2D eigenvalue weighted by atomic mass is 10.1. The number of carbonyl (C=O) groups excluding carboxylic acids is 1. The number of amides is 1. The number of carbonyl (C=O) groups is 1. The molecule has 5 nitrogen and oxygen atoms in total. The Bertz CT molecular complexity index is 762. The van der Waals surface area contributed by atoms with Gasteiger partial charge in [-0.1, -0.05) is 6.92 Å². The molecular weight excluding hydrogens is 427 g/mol. The average Bonchev–Trinajstić information content (AvgIpc) is 2.86. The van der Waals surface area contributed by atoms with E-state index in [2.05, 4.69) is 67.7 Å². The van der Waals surface area contributed by atoms with Gasteiger partial charge in [0.25, 0.3) is 5.91 Å². The van der Waals surface area contributed by atoms with E-state index < -0.39 is 0 Å². The highest BCUT2D eigenvalue weighted by atomic mass is 127. The quantitative estimate of drug-likeness (QED) is 0.707. The number of likely N-dealkylation sites (N-methyl/N-ethyl adjacent to an activating group) is 1. The highest BCUT2D eigenvalue weighted by Gasteiger charge is 2.16. The first-order valence-electron chi connectivity index (χ1n) is 9.00. The summed E-state index contributed by atoms with van der Waals surface area (Å²) in [7, 11) is 2.16. The summed E-state index contributed by atoms with van der Waals surface area (Å²) in [4.78, 5) is 17.3. The lowest BCUT2D eigenvalue weighted by Crippen LogP contribution is -2.46. The normalized spacial score (nSPS) is 16.5. The lowest BCUT2D eigenvalue weighted by Gasteiger charge is -2.32. The van der Waals surface area contributed by atoms with Crippen molar-refractivity contribution >= 4 is 39.7 Å². The van der Waals surface area contributed by atoms with Crippen LogP contribution in [0.2, 0.25) is 0 Å². The second kappa shape index (κ2) is 8.05. The summed E-state index contributed by atoms with van der Waals surface area (Å²) in [6.45, 7) is 10.3. The van der Waals surface area contributed by atoms with Gasteiger partial charge in [-0.2, -0.15) is 0 Å². The number of aromatic nitrogens is 1. The van der Waals surface area contributed by atoms with E-state index in [1.165, 1.54) is 22.2 Å². The van der Waals surface area contributed by atoms with Crippen molar-refractivity contribution in [1.82, 2.24) is 17.9 Å². The highest BCUT2D eigenvalue weighted by Crippen LogP contribution is 2.29. The Hall–Kier alpha value is -1.12. The first-order chi connectivity index (χ1) is 12.0. The minimum absolute atomic E-state index is 0.0249. The van der Waals surface area contributed by atoms with E-state index in [1.807, 2.05) is 12.1 Å². The molecular formula is C19H27IN4O. The molecule has 0 aliphatic carbocycles. The minimum Gasteiger partial charge on any atom is -0.351 e. The van der Waals surface area contributed by atoms with Crippen LogP contribution in [0.1, 0.15) is 28.5 Å². The first kappa shape index (κ1) is 18.7. The van der Waals surface area contributed by atoms with E-state index >= 15 is 0 Å². The highest BCUT2D eigenvalue weighted by molar-refractivity contribution is 14.1. The third-order valence-corrected chi connectivity index (χ3v) is 6.43. The van der Waals surface area contributed by atoms with Gasteiger partial charge in [0.15, 0.2) is 0 Å². The lowest BCUT2D eigenvalue weighted by molar-refractivity contribution is 0.0941. The molecule has 1 aromatic carbocycles. The number of rotatable bonds is 5. The summed E-state index contributed by atoms with van der Waals surface area (Å²) in [5.41, 5.74) is 4.54. The fourth-order valence-corrected chi connectivity index (χ4v) is 4.24. The molecule has 0 unspecified atom stereocenters. The molecule has 3 rings (SSSR count). The molecule has 0 spiro atoms. The van der Waals surface area contributed by atoms with Crippen molar-refractivity contribution < 1.29 is 4.79 Å². The molecule has 1 saturated heterocycles. The van der Waals surface area contributed by atoms with Crippen molar-refractivity contribution in [3.8, 4) is 0 Å². The smallest absolute Gasteiger partial charge is 0.251 e. The van der Waals surface area contributed by atoms with E-state index in [4.69, 9.17) is 0 Å². The summed E-state index contributed by atoms with van der Waals surface area (Å²) >= 11 is 2.33. The van der Waals surface area contributed by atoms with Crippen LogP contribution >= 0.6 is 22.9 Å². The van der Waals surface area contributed by atoms with Gasteiger partial charge in [0.2, 0.25) is 0 Å².